The molecule has 142 valence electrons. The third-order valence-corrected chi connectivity index (χ3v) is 7.33. The minimum absolute atomic E-state index is 0. The molecule has 1 aliphatic carbocycles. The van der Waals surface area contributed by atoms with Gasteiger partial charge in [0.25, 0.3) is 0 Å². The lowest BCUT2D eigenvalue weighted by Crippen LogP contribution is -1.92. The molecule has 28 heavy (non-hydrogen) atoms. The molecule has 0 N–H and O–H groups in total. The van der Waals surface area contributed by atoms with Crippen molar-refractivity contribution in [1.82, 2.24) is 4.98 Å². The number of hydrogen-bond donors (Lipinski definition) is 0. The van der Waals surface area contributed by atoms with Gasteiger partial charge in [-0.05, 0) is 49.4 Å². The molecule has 2 aromatic heterocycles. The number of aryl methyl sites for hydroxylation is 3. The second kappa shape index (κ2) is 7.79. The van der Waals surface area contributed by atoms with E-state index in [0.29, 0.717) is 0 Å². The Morgan fingerprint density at radius 1 is 0.964 bits per heavy atom. The Balaban J connectivity index is 0.00000192. The molecule has 0 amide bonds. The summed E-state index contributed by atoms with van der Waals surface area (Å²) in [5.74, 6) is 0. The SMILES string of the molecule is Cc1ccc(-c2c(Cl)c(-c3ccc(Br)cc3)nc3sc4c(c23)CCC4)cc1.Cl. The lowest BCUT2D eigenvalue weighted by molar-refractivity contribution is 0.917. The Morgan fingerprint density at radius 2 is 1.64 bits per heavy atom. The highest BCUT2D eigenvalue weighted by Crippen LogP contribution is 2.47. The molecule has 4 aromatic rings. The van der Waals surface area contributed by atoms with Gasteiger partial charge in [-0.25, -0.2) is 4.98 Å². The molecule has 0 atom stereocenters. The minimum Gasteiger partial charge on any atom is -0.235 e. The smallest absolute Gasteiger partial charge is 0.125 e. The van der Waals surface area contributed by atoms with Crippen molar-refractivity contribution in [3.05, 3.63) is 74.0 Å². The number of fused-ring (bicyclic) bond motifs is 3. The molecule has 0 spiro atoms. The van der Waals surface area contributed by atoms with Crippen LogP contribution >= 0.6 is 51.3 Å². The Morgan fingerprint density at radius 3 is 2.36 bits per heavy atom. The molecule has 1 aliphatic rings. The van der Waals surface area contributed by atoms with Crippen LogP contribution in [0.25, 0.3) is 32.6 Å². The van der Waals surface area contributed by atoms with Crippen molar-refractivity contribution >= 4 is 61.5 Å². The first kappa shape index (κ1) is 19.9. The van der Waals surface area contributed by atoms with Crippen molar-refractivity contribution in [1.29, 1.82) is 0 Å². The van der Waals surface area contributed by atoms with Gasteiger partial charge in [-0.2, -0.15) is 0 Å². The van der Waals surface area contributed by atoms with E-state index >= 15 is 0 Å². The van der Waals surface area contributed by atoms with E-state index in [0.717, 1.165) is 44.0 Å². The summed E-state index contributed by atoms with van der Waals surface area (Å²) >= 11 is 12.4. The molecule has 0 aliphatic heterocycles. The van der Waals surface area contributed by atoms with Crippen molar-refractivity contribution in [2.75, 3.05) is 0 Å². The number of hydrogen-bond acceptors (Lipinski definition) is 2. The fourth-order valence-corrected chi connectivity index (χ4v) is 5.79. The third kappa shape index (κ3) is 3.29. The molecule has 1 nitrogen and oxygen atoms in total. The summed E-state index contributed by atoms with van der Waals surface area (Å²) < 4.78 is 1.05. The van der Waals surface area contributed by atoms with Gasteiger partial charge in [-0.1, -0.05) is 69.5 Å². The normalized spacial score (nSPS) is 12.8. The van der Waals surface area contributed by atoms with Crippen LogP contribution in [0.15, 0.2) is 53.0 Å². The van der Waals surface area contributed by atoms with Gasteiger partial charge in [0.2, 0.25) is 0 Å². The lowest BCUT2D eigenvalue weighted by Gasteiger charge is -2.13. The summed E-state index contributed by atoms with van der Waals surface area (Å²) in [6.07, 6.45) is 3.52. The maximum absolute atomic E-state index is 7.03. The minimum atomic E-state index is 0. The Hall–Kier alpha value is -1.39. The van der Waals surface area contributed by atoms with E-state index < -0.39 is 0 Å². The average Bonchev–Trinajstić information content (AvgIpc) is 3.24. The predicted molar refractivity (Wildman–Crippen MR) is 127 cm³/mol. The maximum Gasteiger partial charge on any atom is 0.125 e. The summed E-state index contributed by atoms with van der Waals surface area (Å²) in [4.78, 5) is 7.60. The third-order valence-electron chi connectivity index (χ3n) is 5.25. The van der Waals surface area contributed by atoms with Crippen molar-refractivity contribution < 1.29 is 0 Å². The molecular formula is C23H18BrCl2NS. The summed E-state index contributed by atoms with van der Waals surface area (Å²) in [7, 11) is 0. The maximum atomic E-state index is 7.03. The second-order valence-electron chi connectivity index (χ2n) is 7.06. The zero-order chi connectivity index (χ0) is 18.5. The van der Waals surface area contributed by atoms with Crippen LogP contribution in [0.2, 0.25) is 5.02 Å². The van der Waals surface area contributed by atoms with Crippen LogP contribution in [0.5, 0.6) is 0 Å². The number of benzene rings is 2. The molecule has 0 unspecified atom stereocenters. The zero-order valence-corrected chi connectivity index (χ0v) is 19.2. The first-order chi connectivity index (χ1) is 13.1. The molecule has 5 heteroatoms. The average molecular weight is 491 g/mol. The topological polar surface area (TPSA) is 12.9 Å². The van der Waals surface area contributed by atoms with Gasteiger partial charge in [0.1, 0.15) is 4.83 Å². The molecule has 0 fully saturated rings. The zero-order valence-electron chi connectivity index (χ0n) is 15.3. The van der Waals surface area contributed by atoms with E-state index in [-0.39, 0.29) is 12.4 Å². The lowest BCUT2D eigenvalue weighted by atomic mass is 9.97. The summed E-state index contributed by atoms with van der Waals surface area (Å²) in [6, 6.07) is 16.9. The van der Waals surface area contributed by atoms with Crippen molar-refractivity contribution in [2.24, 2.45) is 0 Å². The summed E-state index contributed by atoms with van der Waals surface area (Å²) in [6.45, 7) is 2.11. The Kier molecular flexibility index (Phi) is 5.54. The van der Waals surface area contributed by atoms with E-state index in [1.54, 1.807) is 0 Å². The van der Waals surface area contributed by atoms with Gasteiger partial charge >= 0.3 is 0 Å². The fourth-order valence-electron chi connectivity index (χ4n) is 3.90. The van der Waals surface area contributed by atoms with Gasteiger partial charge in [-0.3, -0.25) is 0 Å². The van der Waals surface area contributed by atoms with Crippen LogP contribution in [0, 0.1) is 6.92 Å². The first-order valence-electron chi connectivity index (χ1n) is 9.08. The molecule has 0 saturated heterocycles. The molecule has 0 saturated carbocycles. The number of rotatable bonds is 2. The van der Waals surface area contributed by atoms with Crippen LogP contribution in [0.4, 0.5) is 0 Å². The largest absolute Gasteiger partial charge is 0.235 e. The highest BCUT2D eigenvalue weighted by Gasteiger charge is 2.25. The molecule has 2 aromatic carbocycles. The summed E-state index contributed by atoms with van der Waals surface area (Å²) in [5, 5.41) is 2.02. The number of thiophene rings is 1. The first-order valence-corrected chi connectivity index (χ1v) is 11.1. The Labute approximate surface area is 188 Å². The van der Waals surface area contributed by atoms with E-state index in [9.17, 15) is 0 Å². The fraction of sp³-hybridized carbons (Fsp3) is 0.174. The van der Waals surface area contributed by atoms with Gasteiger partial charge in [-0.15, -0.1) is 23.7 Å². The van der Waals surface area contributed by atoms with Crippen LogP contribution in [-0.2, 0) is 12.8 Å². The van der Waals surface area contributed by atoms with Crippen LogP contribution in [-0.4, -0.2) is 4.98 Å². The standard InChI is InChI=1S/C23H17BrClNS.ClH/c1-13-5-7-14(8-6-13)19-20-17-3-2-4-18(17)27-23(20)26-22(21(19)25)15-9-11-16(24)12-10-15;/h5-12H,2-4H2,1H3;1H. The van der Waals surface area contributed by atoms with Gasteiger partial charge in [0.05, 0.1) is 10.7 Å². The molecular weight excluding hydrogens is 473 g/mol. The van der Waals surface area contributed by atoms with Gasteiger partial charge < -0.3 is 0 Å². The summed E-state index contributed by atoms with van der Waals surface area (Å²) in [5.41, 5.74) is 6.94. The molecule has 5 rings (SSSR count). The monoisotopic (exact) mass is 489 g/mol. The highest BCUT2D eigenvalue weighted by molar-refractivity contribution is 9.10. The second-order valence-corrected chi connectivity index (χ2v) is 9.44. The number of aromatic nitrogens is 1. The van der Waals surface area contributed by atoms with Crippen molar-refractivity contribution in [3.63, 3.8) is 0 Å². The van der Waals surface area contributed by atoms with Gasteiger partial charge in [0, 0.05) is 25.9 Å². The highest BCUT2D eigenvalue weighted by atomic mass is 79.9. The predicted octanol–water partition coefficient (Wildman–Crippen LogP) is 8.27. The van der Waals surface area contributed by atoms with E-state index in [2.05, 4.69) is 59.3 Å². The van der Waals surface area contributed by atoms with E-state index in [1.807, 2.05) is 23.5 Å². The van der Waals surface area contributed by atoms with Crippen LogP contribution < -0.4 is 0 Å². The molecule has 0 radical (unpaired) electrons. The number of nitrogens with zero attached hydrogens (tertiary/aromatic N) is 1. The van der Waals surface area contributed by atoms with Gasteiger partial charge in [0.15, 0.2) is 0 Å². The number of halogens is 3. The van der Waals surface area contributed by atoms with E-state index in [4.69, 9.17) is 16.6 Å². The molecule has 2 heterocycles. The molecule has 0 bridgehead atoms. The van der Waals surface area contributed by atoms with Crippen LogP contribution in [0.3, 0.4) is 0 Å². The number of pyridine rings is 1. The van der Waals surface area contributed by atoms with Crippen molar-refractivity contribution in [2.45, 2.75) is 26.2 Å². The van der Waals surface area contributed by atoms with E-state index in [1.165, 1.54) is 33.4 Å². The Bertz CT molecular complexity index is 1160. The quantitative estimate of drug-likeness (QED) is 0.275. The van der Waals surface area contributed by atoms with Crippen molar-refractivity contribution in [3.8, 4) is 22.4 Å². The van der Waals surface area contributed by atoms with Crippen LogP contribution in [0.1, 0.15) is 22.4 Å².